The minimum atomic E-state index is -3.47. The van der Waals surface area contributed by atoms with Crippen LogP contribution in [-0.4, -0.2) is 28.1 Å². The van der Waals surface area contributed by atoms with Gasteiger partial charge in [0.15, 0.2) is 0 Å². The second kappa shape index (κ2) is 4.57. The average Bonchev–Trinajstić information content (AvgIpc) is 2.85. The van der Waals surface area contributed by atoms with Gasteiger partial charge in [-0.1, -0.05) is 0 Å². The summed E-state index contributed by atoms with van der Waals surface area (Å²) in [5.74, 6) is 0.980. The highest BCUT2D eigenvalue weighted by atomic mass is 32.2. The Balaban J connectivity index is 1.97. The summed E-state index contributed by atoms with van der Waals surface area (Å²) in [7, 11) is -3.47. The third kappa shape index (κ3) is 2.63. The van der Waals surface area contributed by atoms with Gasteiger partial charge < -0.3 is 9.73 Å². The van der Waals surface area contributed by atoms with Crippen molar-refractivity contribution in [3.05, 3.63) is 17.9 Å². The standard InChI is InChI=1S/C10H16N2O3S/c1-8-2-3-10(15-8)16(13,14)12-7-9-4-5-11-6-9/h2-3,9,11-12H,4-7H2,1H3. The number of hydrogen-bond acceptors (Lipinski definition) is 4. The first-order valence-corrected chi connectivity index (χ1v) is 6.83. The molecule has 1 unspecified atom stereocenters. The molecule has 1 aliphatic heterocycles. The maximum atomic E-state index is 11.8. The zero-order valence-electron chi connectivity index (χ0n) is 9.19. The predicted octanol–water partition coefficient (Wildman–Crippen LogP) is 0.476. The van der Waals surface area contributed by atoms with E-state index in [4.69, 9.17) is 4.42 Å². The summed E-state index contributed by atoms with van der Waals surface area (Å²) in [6.45, 7) is 4.03. The smallest absolute Gasteiger partial charge is 0.273 e. The second-order valence-electron chi connectivity index (χ2n) is 4.08. The lowest BCUT2D eigenvalue weighted by molar-refractivity contribution is 0.422. The molecule has 1 aliphatic rings. The van der Waals surface area contributed by atoms with Crippen molar-refractivity contribution in [3.63, 3.8) is 0 Å². The number of nitrogens with one attached hydrogen (secondary N) is 2. The van der Waals surface area contributed by atoms with Gasteiger partial charge in [0.05, 0.1) is 0 Å². The van der Waals surface area contributed by atoms with Crippen molar-refractivity contribution in [2.24, 2.45) is 5.92 Å². The van der Waals surface area contributed by atoms with Gasteiger partial charge in [0.25, 0.3) is 10.0 Å². The molecule has 0 aliphatic carbocycles. The Bertz CT molecular complexity index is 446. The van der Waals surface area contributed by atoms with Gasteiger partial charge in [-0.05, 0) is 44.5 Å². The summed E-state index contributed by atoms with van der Waals surface area (Å²) in [6.07, 6.45) is 1.01. The van der Waals surface area contributed by atoms with Crippen LogP contribution in [0, 0.1) is 12.8 Å². The first-order chi connectivity index (χ1) is 7.58. The van der Waals surface area contributed by atoms with Gasteiger partial charge in [0, 0.05) is 6.54 Å². The lowest BCUT2D eigenvalue weighted by Gasteiger charge is -2.08. The van der Waals surface area contributed by atoms with Crippen LogP contribution in [0.2, 0.25) is 0 Å². The molecule has 16 heavy (non-hydrogen) atoms. The molecular formula is C10H16N2O3S. The van der Waals surface area contributed by atoms with Crippen molar-refractivity contribution in [2.75, 3.05) is 19.6 Å². The Kier molecular flexibility index (Phi) is 3.32. The number of furan rings is 1. The van der Waals surface area contributed by atoms with Gasteiger partial charge in [-0.15, -0.1) is 0 Å². The summed E-state index contributed by atoms with van der Waals surface area (Å²) in [4.78, 5) is 0. The number of rotatable bonds is 4. The topological polar surface area (TPSA) is 71.3 Å². The summed E-state index contributed by atoms with van der Waals surface area (Å²) < 4.78 is 31.2. The van der Waals surface area contributed by atoms with Crippen LogP contribution in [0.1, 0.15) is 12.2 Å². The molecule has 5 nitrogen and oxygen atoms in total. The van der Waals surface area contributed by atoms with Crippen LogP contribution in [0.15, 0.2) is 21.6 Å². The fourth-order valence-electron chi connectivity index (χ4n) is 1.74. The Morgan fingerprint density at radius 1 is 1.56 bits per heavy atom. The van der Waals surface area contributed by atoms with Gasteiger partial charge in [0.2, 0.25) is 5.09 Å². The molecule has 0 bridgehead atoms. The Morgan fingerprint density at radius 2 is 2.38 bits per heavy atom. The van der Waals surface area contributed by atoms with Crippen molar-refractivity contribution >= 4 is 10.0 Å². The van der Waals surface area contributed by atoms with Crippen LogP contribution in [0.25, 0.3) is 0 Å². The number of sulfonamides is 1. The molecular weight excluding hydrogens is 228 g/mol. The maximum Gasteiger partial charge on any atom is 0.273 e. The molecule has 0 aromatic carbocycles. The average molecular weight is 244 g/mol. The highest BCUT2D eigenvalue weighted by molar-refractivity contribution is 7.89. The van der Waals surface area contributed by atoms with Crippen LogP contribution in [0.3, 0.4) is 0 Å². The molecule has 1 aromatic rings. The van der Waals surface area contributed by atoms with E-state index in [2.05, 4.69) is 10.0 Å². The molecule has 1 atom stereocenters. The maximum absolute atomic E-state index is 11.8. The van der Waals surface area contributed by atoms with Gasteiger partial charge in [-0.3, -0.25) is 0 Å². The van der Waals surface area contributed by atoms with Crippen molar-refractivity contribution in [3.8, 4) is 0 Å². The zero-order chi connectivity index (χ0) is 11.6. The van der Waals surface area contributed by atoms with E-state index in [1.165, 1.54) is 6.07 Å². The fourth-order valence-corrected chi connectivity index (χ4v) is 2.83. The van der Waals surface area contributed by atoms with Gasteiger partial charge >= 0.3 is 0 Å². The highest BCUT2D eigenvalue weighted by Gasteiger charge is 2.21. The summed E-state index contributed by atoms with van der Waals surface area (Å²) in [5.41, 5.74) is 0. The van der Waals surface area contributed by atoms with Gasteiger partial charge in [0.1, 0.15) is 5.76 Å². The van der Waals surface area contributed by atoms with E-state index in [1.54, 1.807) is 13.0 Å². The molecule has 6 heteroatoms. The van der Waals surface area contributed by atoms with Crippen LogP contribution < -0.4 is 10.0 Å². The third-order valence-corrected chi connectivity index (χ3v) is 4.00. The van der Waals surface area contributed by atoms with Crippen LogP contribution in [0.5, 0.6) is 0 Å². The van der Waals surface area contributed by atoms with E-state index in [0.717, 1.165) is 19.5 Å². The first kappa shape index (κ1) is 11.6. The molecule has 90 valence electrons. The van der Waals surface area contributed by atoms with E-state index in [-0.39, 0.29) is 5.09 Å². The summed E-state index contributed by atoms with van der Waals surface area (Å²) in [6, 6.07) is 3.12. The van der Waals surface area contributed by atoms with Gasteiger partial charge in [-0.2, -0.15) is 0 Å². The normalized spacial score (nSPS) is 21.4. The van der Waals surface area contributed by atoms with E-state index < -0.39 is 10.0 Å². The summed E-state index contributed by atoms with van der Waals surface area (Å²) >= 11 is 0. The van der Waals surface area contributed by atoms with Crippen LogP contribution >= 0.6 is 0 Å². The minimum Gasteiger partial charge on any atom is -0.449 e. The van der Waals surface area contributed by atoms with Crippen molar-refractivity contribution in [2.45, 2.75) is 18.4 Å². The van der Waals surface area contributed by atoms with E-state index in [1.807, 2.05) is 0 Å². The molecule has 0 saturated carbocycles. The molecule has 1 aromatic heterocycles. The number of hydrogen-bond donors (Lipinski definition) is 2. The van der Waals surface area contributed by atoms with Crippen molar-refractivity contribution in [1.29, 1.82) is 0 Å². The Morgan fingerprint density at radius 3 is 2.94 bits per heavy atom. The summed E-state index contributed by atoms with van der Waals surface area (Å²) in [5, 5.41) is 3.19. The quantitative estimate of drug-likeness (QED) is 0.808. The third-order valence-electron chi connectivity index (χ3n) is 2.70. The lowest BCUT2D eigenvalue weighted by atomic mass is 10.1. The molecule has 1 saturated heterocycles. The first-order valence-electron chi connectivity index (χ1n) is 5.35. The predicted molar refractivity (Wildman–Crippen MR) is 59.6 cm³/mol. The van der Waals surface area contributed by atoms with Crippen molar-refractivity contribution in [1.82, 2.24) is 10.0 Å². The number of aryl methyl sites for hydroxylation is 1. The molecule has 0 radical (unpaired) electrons. The largest absolute Gasteiger partial charge is 0.449 e. The SMILES string of the molecule is Cc1ccc(S(=O)(=O)NCC2CCNC2)o1. The highest BCUT2D eigenvalue weighted by Crippen LogP contribution is 2.13. The Labute approximate surface area is 95.3 Å². The molecule has 0 spiro atoms. The van der Waals surface area contributed by atoms with Crippen molar-refractivity contribution < 1.29 is 12.8 Å². The van der Waals surface area contributed by atoms with E-state index in [9.17, 15) is 8.42 Å². The fraction of sp³-hybridized carbons (Fsp3) is 0.600. The van der Waals surface area contributed by atoms with Crippen LogP contribution in [-0.2, 0) is 10.0 Å². The van der Waals surface area contributed by atoms with Gasteiger partial charge in [-0.25, -0.2) is 13.1 Å². The molecule has 1 fully saturated rings. The lowest BCUT2D eigenvalue weighted by Crippen LogP contribution is -2.30. The molecule has 2 N–H and O–H groups in total. The Hall–Kier alpha value is -0.850. The molecule has 0 amide bonds. The monoisotopic (exact) mass is 244 g/mol. The molecule has 2 rings (SSSR count). The second-order valence-corrected chi connectivity index (χ2v) is 5.77. The van der Waals surface area contributed by atoms with Crippen LogP contribution in [0.4, 0.5) is 0 Å². The van der Waals surface area contributed by atoms with E-state index in [0.29, 0.717) is 18.2 Å². The van der Waals surface area contributed by atoms with E-state index >= 15 is 0 Å². The zero-order valence-corrected chi connectivity index (χ0v) is 10.0. The minimum absolute atomic E-state index is 0.00374. The molecule has 2 heterocycles.